The number of likely N-dealkylation sites (tertiary alicyclic amines) is 1. The van der Waals surface area contributed by atoms with E-state index in [0.29, 0.717) is 18.7 Å². The van der Waals surface area contributed by atoms with Gasteiger partial charge in [0.05, 0.1) is 5.92 Å². The summed E-state index contributed by atoms with van der Waals surface area (Å²) in [5, 5.41) is 6.24. The molecule has 8 heteroatoms. The molecular formula is C11H15F3N4O. The van der Waals surface area contributed by atoms with Crippen LogP contribution in [0.3, 0.4) is 0 Å². The van der Waals surface area contributed by atoms with E-state index in [0.717, 1.165) is 0 Å². The number of aromatic amines is 1. The fraction of sp³-hybridized carbons (Fsp3) is 0.636. The standard InChI is InChI=1S/C11H15F3N4O/c1-6-8(9(15)17-16-6)10(19)18-4-2-3-7(5-18)11(12,13)14/h7H,2-5H2,1H3,(H3,15,16,17). The number of nitrogen functional groups attached to an aromatic ring is 1. The zero-order valence-electron chi connectivity index (χ0n) is 10.4. The van der Waals surface area contributed by atoms with Crippen molar-refractivity contribution < 1.29 is 18.0 Å². The second kappa shape index (κ2) is 4.75. The average Bonchev–Trinajstić information content (AvgIpc) is 2.67. The molecule has 1 aliphatic rings. The third-order valence-electron chi connectivity index (χ3n) is 3.36. The molecule has 2 rings (SSSR count). The van der Waals surface area contributed by atoms with E-state index in [4.69, 9.17) is 5.73 Å². The molecule has 2 heterocycles. The summed E-state index contributed by atoms with van der Waals surface area (Å²) in [6.45, 7) is 1.61. The van der Waals surface area contributed by atoms with Gasteiger partial charge >= 0.3 is 6.18 Å². The van der Waals surface area contributed by atoms with Crippen molar-refractivity contribution in [1.29, 1.82) is 0 Å². The van der Waals surface area contributed by atoms with Crippen LogP contribution >= 0.6 is 0 Å². The van der Waals surface area contributed by atoms with Crippen LogP contribution in [-0.2, 0) is 0 Å². The fourth-order valence-electron chi connectivity index (χ4n) is 2.30. The smallest absolute Gasteiger partial charge is 0.382 e. The van der Waals surface area contributed by atoms with Gasteiger partial charge in [0.2, 0.25) is 0 Å². The number of hydrogen-bond donors (Lipinski definition) is 2. The number of aryl methyl sites for hydroxylation is 1. The van der Waals surface area contributed by atoms with Crippen molar-refractivity contribution in [2.45, 2.75) is 25.9 Å². The summed E-state index contributed by atoms with van der Waals surface area (Å²) in [4.78, 5) is 13.4. The summed E-state index contributed by atoms with van der Waals surface area (Å²) < 4.78 is 38.1. The van der Waals surface area contributed by atoms with Crippen LogP contribution in [0.25, 0.3) is 0 Å². The van der Waals surface area contributed by atoms with E-state index in [-0.39, 0.29) is 24.3 Å². The number of aromatic nitrogens is 2. The minimum atomic E-state index is -4.27. The van der Waals surface area contributed by atoms with Crippen LogP contribution < -0.4 is 5.73 Å². The van der Waals surface area contributed by atoms with E-state index in [1.54, 1.807) is 6.92 Å². The van der Waals surface area contributed by atoms with Crippen LogP contribution in [0.2, 0.25) is 0 Å². The Kier molecular flexibility index (Phi) is 3.42. The number of halogens is 3. The van der Waals surface area contributed by atoms with Crippen molar-refractivity contribution in [3.05, 3.63) is 11.3 Å². The van der Waals surface area contributed by atoms with E-state index < -0.39 is 18.0 Å². The molecule has 106 valence electrons. The lowest BCUT2D eigenvalue weighted by Gasteiger charge is -2.33. The van der Waals surface area contributed by atoms with Gasteiger partial charge in [-0.05, 0) is 19.8 Å². The van der Waals surface area contributed by atoms with E-state index in [2.05, 4.69) is 10.2 Å². The second-order valence-corrected chi connectivity index (χ2v) is 4.74. The lowest BCUT2D eigenvalue weighted by molar-refractivity contribution is -0.184. The molecule has 1 unspecified atom stereocenters. The Morgan fingerprint density at radius 3 is 2.74 bits per heavy atom. The predicted molar refractivity (Wildman–Crippen MR) is 62.4 cm³/mol. The molecule has 0 aromatic carbocycles. The minimum Gasteiger partial charge on any atom is -0.382 e. The molecule has 3 N–H and O–H groups in total. The number of carbonyl (C=O) groups excluding carboxylic acids is 1. The average molecular weight is 276 g/mol. The molecule has 1 fully saturated rings. The summed E-state index contributed by atoms with van der Waals surface area (Å²) in [5.41, 5.74) is 6.20. The number of carbonyl (C=O) groups is 1. The van der Waals surface area contributed by atoms with Crippen LogP contribution in [0.1, 0.15) is 28.9 Å². The summed E-state index contributed by atoms with van der Waals surface area (Å²) in [6, 6.07) is 0. The van der Waals surface area contributed by atoms with Crippen LogP contribution in [0.15, 0.2) is 0 Å². The van der Waals surface area contributed by atoms with Crippen LogP contribution in [0, 0.1) is 12.8 Å². The molecule has 1 amide bonds. The second-order valence-electron chi connectivity index (χ2n) is 4.74. The Morgan fingerprint density at radius 1 is 1.53 bits per heavy atom. The highest BCUT2D eigenvalue weighted by atomic mass is 19.4. The molecule has 0 spiro atoms. The molecule has 1 atom stereocenters. The third-order valence-corrected chi connectivity index (χ3v) is 3.36. The van der Waals surface area contributed by atoms with Crippen molar-refractivity contribution in [2.24, 2.45) is 5.92 Å². The van der Waals surface area contributed by atoms with Crippen LogP contribution in [-0.4, -0.2) is 40.3 Å². The van der Waals surface area contributed by atoms with Crippen molar-refractivity contribution in [1.82, 2.24) is 15.1 Å². The van der Waals surface area contributed by atoms with Gasteiger partial charge in [-0.2, -0.15) is 18.3 Å². The third kappa shape index (κ3) is 2.66. The maximum Gasteiger partial charge on any atom is 0.393 e. The predicted octanol–water partition coefficient (Wildman–Crippen LogP) is 1.71. The van der Waals surface area contributed by atoms with E-state index in [1.807, 2.05) is 0 Å². The van der Waals surface area contributed by atoms with E-state index in [9.17, 15) is 18.0 Å². The van der Waals surface area contributed by atoms with Crippen LogP contribution in [0.5, 0.6) is 0 Å². The first-order chi connectivity index (χ1) is 8.80. The molecular weight excluding hydrogens is 261 g/mol. The van der Waals surface area contributed by atoms with Gasteiger partial charge in [-0.15, -0.1) is 0 Å². The normalized spacial score (nSPS) is 20.6. The first-order valence-corrected chi connectivity index (χ1v) is 5.97. The molecule has 5 nitrogen and oxygen atoms in total. The number of H-pyrrole nitrogens is 1. The topological polar surface area (TPSA) is 75.0 Å². The van der Waals surface area contributed by atoms with Crippen molar-refractivity contribution >= 4 is 11.7 Å². The van der Waals surface area contributed by atoms with E-state index >= 15 is 0 Å². The van der Waals surface area contributed by atoms with Gasteiger partial charge in [0.25, 0.3) is 5.91 Å². The molecule has 1 aliphatic heterocycles. The van der Waals surface area contributed by atoms with E-state index in [1.165, 1.54) is 4.90 Å². The van der Waals surface area contributed by atoms with Gasteiger partial charge in [0, 0.05) is 18.8 Å². The Morgan fingerprint density at radius 2 is 2.21 bits per heavy atom. The van der Waals surface area contributed by atoms with Gasteiger partial charge < -0.3 is 10.6 Å². The number of hydrogen-bond acceptors (Lipinski definition) is 3. The molecule has 0 saturated carbocycles. The highest BCUT2D eigenvalue weighted by Gasteiger charge is 2.43. The quantitative estimate of drug-likeness (QED) is 0.820. The summed E-state index contributed by atoms with van der Waals surface area (Å²) >= 11 is 0. The molecule has 1 aromatic rings. The molecule has 0 bridgehead atoms. The Balaban J connectivity index is 2.16. The lowest BCUT2D eigenvalue weighted by Crippen LogP contribution is -2.44. The fourth-order valence-corrected chi connectivity index (χ4v) is 2.30. The number of amides is 1. The number of nitrogens with two attached hydrogens (primary N) is 1. The minimum absolute atomic E-state index is 0.0247. The highest BCUT2D eigenvalue weighted by molar-refractivity contribution is 5.99. The Bertz CT molecular complexity index is 463. The molecule has 19 heavy (non-hydrogen) atoms. The Hall–Kier alpha value is -1.73. The molecule has 1 aromatic heterocycles. The SMILES string of the molecule is Cc1[nH]nc(N)c1C(=O)N1CCCC(C(F)(F)F)C1. The number of anilines is 1. The number of rotatable bonds is 1. The molecule has 0 aliphatic carbocycles. The zero-order valence-corrected chi connectivity index (χ0v) is 10.4. The maximum absolute atomic E-state index is 12.7. The van der Waals surface area contributed by atoms with Gasteiger partial charge in [-0.1, -0.05) is 0 Å². The van der Waals surface area contributed by atoms with Crippen molar-refractivity contribution in [3.8, 4) is 0 Å². The molecule has 0 radical (unpaired) electrons. The van der Waals surface area contributed by atoms with Gasteiger partial charge in [0.15, 0.2) is 5.82 Å². The molecule has 1 saturated heterocycles. The maximum atomic E-state index is 12.7. The number of nitrogens with zero attached hydrogens (tertiary/aromatic N) is 2. The first-order valence-electron chi connectivity index (χ1n) is 5.97. The largest absolute Gasteiger partial charge is 0.393 e. The monoisotopic (exact) mass is 276 g/mol. The summed E-state index contributed by atoms with van der Waals surface area (Å²) in [7, 11) is 0. The lowest BCUT2D eigenvalue weighted by atomic mass is 9.97. The van der Waals surface area contributed by atoms with Crippen molar-refractivity contribution in [3.63, 3.8) is 0 Å². The summed E-state index contributed by atoms with van der Waals surface area (Å²) in [5.74, 6) is -1.92. The van der Waals surface area contributed by atoms with Crippen LogP contribution in [0.4, 0.5) is 19.0 Å². The summed E-state index contributed by atoms with van der Waals surface area (Å²) in [6.07, 6.45) is -3.87. The van der Waals surface area contributed by atoms with Crippen molar-refractivity contribution in [2.75, 3.05) is 18.8 Å². The Labute approximate surface area is 108 Å². The van der Waals surface area contributed by atoms with Gasteiger partial charge in [0.1, 0.15) is 5.56 Å². The van der Waals surface area contributed by atoms with Gasteiger partial charge in [-0.3, -0.25) is 9.89 Å². The highest BCUT2D eigenvalue weighted by Crippen LogP contribution is 2.33. The number of piperidine rings is 1. The zero-order chi connectivity index (χ0) is 14.2. The first kappa shape index (κ1) is 13.7. The number of nitrogens with one attached hydrogen (secondary N) is 1. The number of alkyl halides is 3. The van der Waals surface area contributed by atoms with Gasteiger partial charge in [-0.25, -0.2) is 0 Å².